The fourth-order valence-corrected chi connectivity index (χ4v) is 3.46. The first-order chi connectivity index (χ1) is 12.1. The van der Waals surface area contributed by atoms with Gasteiger partial charge in [0.05, 0.1) is 29.0 Å². The lowest BCUT2D eigenvalue weighted by molar-refractivity contribution is 0.0785. The third kappa shape index (κ3) is 2.80. The quantitative estimate of drug-likeness (QED) is 0.566. The third-order valence-corrected chi connectivity index (χ3v) is 4.81. The molecule has 0 aliphatic rings. The first kappa shape index (κ1) is 15.5. The predicted octanol–water partition coefficient (Wildman–Crippen LogP) is 2.46. The highest BCUT2D eigenvalue weighted by molar-refractivity contribution is 7.13. The lowest BCUT2D eigenvalue weighted by atomic mass is 10.2. The Bertz CT molecular complexity index is 1030. The zero-order valence-corrected chi connectivity index (χ0v) is 14.6. The van der Waals surface area contributed by atoms with Gasteiger partial charge in [-0.15, -0.1) is 11.3 Å². The second-order valence-electron chi connectivity index (χ2n) is 5.74. The number of aromatic nitrogens is 5. The van der Waals surface area contributed by atoms with Crippen molar-refractivity contribution in [2.24, 2.45) is 7.05 Å². The number of fused-ring (bicyclic) bond motifs is 1. The van der Waals surface area contributed by atoms with E-state index in [1.165, 1.54) is 0 Å². The first-order valence-electron chi connectivity index (χ1n) is 7.74. The summed E-state index contributed by atoms with van der Waals surface area (Å²) < 4.78 is 3.44. The van der Waals surface area contributed by atoms with Crippen LogP contribution in [0.25, 0.3) is 16.2 Å². The topological polar surface area (TPSA) is 68.3 Å². The minimum atomic E-state index is -0.128. The van der Waals surface area contributed by atoms with Crippen LogP contribution in [-0.2, 0) is 13.6 Å². The SMILES string of the molecule is CN(Cc1ccn(C)n1)C(=O)c1cnn2c(-c3cccs3)ccnc12. The molecule has 4 rings (SSSR count). The summed E-state index contributed by atoms with van der Waals surface area (Å²) in [5, 5.41) is 10.7. The minimum absolute atomic E-state index is 0.128. The van der Waals surface area contributed by atoms with Crippen LogP contribution < -0.4 is 0 Å². The number of hydrogen-bond donors (Lipinski definition) is 0. The summed E-state index contributed by atoms with van der Waals surface area (Å²) in [5.41, 5.74) is 2.80. The highest BCUT2D eigenvalue weighted by atomic mass is 32.1. The molecule has 0 unspecified atom stereocenters. The van der Waals surface area contributed by atoms with Crippen molar-refractivity contribution in [3.05, 3.63) is 59.5 Å². The average molecular weight is 352 g/mol. The van der Waals surface area contributed by atoms with E-state index < -0.39 is 0 Å². The molecule has 0 spiro atoms. The van der Waals surface area contributed by atoms with Crippen LogP contribution >= 0.6 is 11.3 Å². The Balaban J connectivity index is 1.67. The Morgan fingerprint density at radius 3 is 2.92 bits per heavy atom. The molecule has 0 radical (unpaired) electrons. The Labute approximate surface area is 148 Å². The lowest BCUT2D eigenvalue weighted by Crippen LogP contribution is -2.26. The molecule has 7 nitrogen and oxygen atoms in total. The molecule has 4 aromatic heterocycles. The van der Waals surface area contributed by atoms with Crippen LogP contribution in [0.5, 0.6) is 0 Å². The smallest absolute Gasteiger partial charge is 0.259 e. The van der Waals surface area contributed by atoms with Gasteiger partial charge in [-0.1, -0.05) is 6.07 Å². The molecule has 0 N–H and O–H groups in total. The highest BCUT2D eigenvalue weighted by Gasteiger charge is 2.20. The molecule has 0 aromatic carbocycles. The Hall–Kier alpha value is -3.00. The zero-order valence-electron chi connectivity index (χ0n) is 13.8. The highest BCUT2D eigenvalue weighted by Crippen LogP contribution is 2.25. The summed E-state index contributed by atoms with van der Waals surface area (Å²) >= 11 is 1.62. The van der Waals surface area contributed by atoms with Crippen molar-refractivity contribution in [2.75, 3.05) is 7.05 Å². The van der Waals surface area contributed by atoms with Gasteiger partial charge in [0.2, 0.25) is 0 Å². The number of amides is 1. The second-order valence-corrected chi connectivity index (χ2v) is 6.69. The number of nitrogens with zero attached hydrogens (tertiary/aromatic N) is 6. The van der Waals surface area contributed by atoms with Crippen molar-refractivity contribution in [2.45, 2.75) is 6.54 Å². The van der Waals surface area contributed by atoms with E-state index in [2.05, 4.69) is 15.2 Å². The van der Waals surface area contributed by atoms with Gasteiger partial charge in [0.15, 0.2) is 5.65 Å². The van der Waals surface area contributed by atoms with Crippen LogP contribution in [0.3, 0.4) is 0 Å². The number of rotatable bonds is 4. The fourth-order valence-electron chi connectivity index (χ4n) is 2.72. The molecule has 25 heavy (non-hydrogen) atoms. The van der Waals surface area contributed by atoms with Crippen LogP contribution in [-0.4, -0.2) is 42.2 Å². The third-order valence-electron chi connectivity index (χ3n) is 3.92. The van der Waals surface area contributed by atoms with E-state index in [1.807, 2.05) is 42.9 Å². The normalized spacial score (nSPS) is 11.1. The Kier molecular flexibility index (Phi) is 3.81. The van der Waals surface area contributed by atoms with Gasteiger partial charge < -0.3 is 4.90 Å². The summed E-state index contributed by atoms with van der Waals surface area (Å²) in [6.07, 6.45) is 5.15. The molecule has 0 saturated carbocycles. The van der Waals surface area contributed by atoms with Crippen molar-refractivity contribution in [1.82, 2.24) is 29.3 Å². The van der Waals surface area contributed by atoms with Crippen LogP contribution in [0, 0.1) is 0 Å². The van der Waals surface area contributed by atoms with Crippen molar-refractivity contribution in [3.8, 4) is 10.6 Å². The summed E-state index contributed by atoms with van der Waals surface area (Å²) in [7, 11) is 3.61. The zero-order chi connectivity index (χ0) is 17.4. The van der Waals surface area contributed by atoms with Crippen LogP contribution in [0.2, 0.25) is 0 Å². The maximum Gasteiger partial charge on any atom is 0.259 e. The molecule has 0 atom stereocenters. The largest absolute Gasteiger partial charge is 0.336 e. The lowest BCUT2D eigenvalue weighted by Gasteiger charge is -2.14. The van der Waals surface area contributed by atoms with Gasteiger partial charge in [0.25, 0.3) is 5.91 Å². The Morgan fingerprint density at radius 2 is 2.20 bits per heavy atom. The average Bonchev–Trinajstić information content (AvgIpc) is 3.34. The number of hydrogen-bond acceptors (Lipinski definition) is 5. The van der Waals surface area contributed by atoms with E-state index in [-0.39, 0.29) is 5.91 Å². The number of thiophene rings is 1. The van der Waals surface area contributed by atoms with Gasteiger partial charge in [-0.2, -0.15) is 10.2 Å². The molecule has 4 aromatic rings. The van der Waals surface area contributed by atoms with E-state index in [0.29, 0.717) is 17.8 Å². The van der Waals surface area contributed by atoms with E-state index in [4.69, 9.17) is 0 Å². The van der Waals surface area contributed by atoms with Gasteiger partial charge >= 0.3 is 0 Å². The monoisotopic (exact) mass is 352 g/mol. The molecule has 126 valence electrons. The van der Waals surface area contributed by atoms with Gasteiger partial charge in [-0.3, -0.25) is 9.48 Å². The van der Waals surface area contributed by atoms with E-state index in [0.717, 1.165) is 16.3 Å². The second kappa shape index (κ2) is 6.14. The summed E-state index contributed by atoms with van der Waals surface area (Å²) in [5.74, 6) is -0.128. The molecule has 0 saturated heterocycles. The molecule has 1 amide bonds. The van der Waals surface area contributed by atoms with Crippen molar-refractivity contribution < 1.29 is 4.79 Å². The molecule has 0 fully saturated rings. The molecule has 8 heteroatoms. The molecule has 0 aliphatic heterocycles. The molecule has 0 aliphatic carbocycles. The van der Waals surface area contributed by atoms with Gasteiger partial charge in [0, 0.05) is 26.5 Å². The minimum Gasteiger partial charge on any atom is -0.336 e. The summed E-state index contributed by atoms with van der Waals surface area (Å²) in [6.45, 7) is 0.432. The maximum absolute atomic E-state index is 12.8. The number of aryl methyl sites for hydroxylation is 1. The van der Waals surface area contributed by atoms with Crippen LogP contribution in [0.15, 0.2) is 48.2 Å². The fraction of sp³-hybridized carbons (Fsp3) is 0.176. The van der Waals surface area contributed by atoms with Crippen LogP contribution in [0.4, 0.5) is 0 Å². The number of carbonyl (C=O) groups excluding carboxylic acids is 1. The van der Waals surface area contributed by atoms with Crippen molar-refractivity contribution in [3.63, 3.8) is 0 Å². The standard InChI is InChI=1S/C17H16N6OS/c1-21(11-12-6-8-22(2)20-12)17(24)13-10-19-23-14(5-7-18-16(13)23)15-4-3-9-25-15/h3-10H,11H2,1-2H3. The first-order valence-corrected chi connectivity index (χ1v) is 8.62. The van der Waals surface area contributed by atoms with Gasteiger partial charge in [-0.25, -0.2) is 9.50 Å². The molecule has 4 heterocycles. The van der Waals surface area contributed by atoms with Crippen molar-refractivity contribution >= 4 is 22.9 Å². The van der Waals surface area contributed by atoms with E-state index in [1.54, 1.807) is 44.9 Å². The van der Waals surface area contributed by atoms with E-state index >= 15 is 0 Å². The van der Waals surface area contributed by atoms with Crippen LogP contribution in [0.1, 0.15) is 16.1 Å². The summed E-state index contributed by atoms with van der Waals surface area (Å²) in [6, 6.07) is 7.81. The van der Waals surface area contributed by atoms with Gasteiger partial charge in [0.1, 0.15) is 5.56 Å². The maximum atomic E-state index is 12.8. The van der Waals surface area contributed by atoms with Crippen molar-refractivity contribution in [1.29, 1.82) is 0 Å². The predicted molar refractivity (Wildman–Crippen MR) is 95.3 cm³/mol. The molecule has 0 bridgehead atoms. The summed E-state index contributed by atoms with van der Waals surface area (Å²) in [4.78, 5) is 19.9. The number of carbonyl (C=O) groups is 1. The Morgan fingerprint density at radius 1 is 1.32 bits per heavy atom. The van der Waals surface area contributed by atoms with Gasteiger partial charge in [-0.05, 0) is 23.6 Å². The molecular weight excluding hydrogens is 336 g/mol. The molecular formula is C17H16N6OS. The van der Waals surface area contributed by atoms with E-state index in [9.17, 15) is 4.79 Å².